The third kappa shape index (κ3) is 2.96. The first-order valence-electron chi connectivity index (χ1n) is 6.50. The van der Waals surface area contributed by atoms with E-state index in [9.17, 15) is 5.26 Å². The number of nitriles is 1. The zero-order valence-corrected chi connectivity index (χ0v) is 11.1. The van der Waals surface area contributed by atoms with Crippen molar-refractivity contribution in [2.45, 2.75) is 52.1 Å². The van der Waals surface area contributed by atoms with E-state index in [-0.39, 0.29) is 5.54 Å². The molecule has 0 aromatic rings. The summed E-state index contributed by atoms with van der Waals surface area (Å²) in [6.07, 6.45) is 2.41. The molecule has 92 valence electrons. The van der Waals surface area contributed by atoms with Gasteiger partial charge in [0.25, 0.3) is 0 Å². The van der Waals surface area contributed by atoms with Gasteiger partial charge >= 0.3 is 0 Å². The fourth-order valence-corrected chi connectivity index (χ4v) is 2.37. The SMILES string of the molecule is CCNC(C#N)(CN(CC)C(C)C)C1CC1. The highest BCUT2D eigenvalue weighted by molar-refractivity contribution is 5.16. The van der Waals surface area contributed by atoms with Gasteiger partial charge in [-0.2, -0.15) is 5.26 Å². The Hall–Kier alpha value is -0.590. The zero-order chi connectivity index (χ0) is 12.2. The number of likely N-dealkylation sites (N-methyl/N-ethyl adjacent to an activating group) is 2. The first-order valence-corrected chi connectivity index (χ1v) is 6.50. The van der Waals surface area contributed by atoms with Crippen LogP contribution in [0.15, 0.2) is 0 Å². The minimum absolute atomic E-state index is 0.310. The number of nitrogens with zero attached hydrogens (tertiary/aromatic N) is 2. The molecule has 0 heterocycles. The Labute approximate surface area is 99.8 Å². The molecule has 1 rings (SSSR count). The molecule has 1 atom stereocenters. The second-order valence-electron chi connectivity index (χ2n) is 5.04. The van der Waals surface area contributed by atoms with E-state index in [1.165, 1.54) is 12.8 Å². The van der Waals surface area contributed by atoms with Crippen molar-refractivity contribution >= 4 is 0 Å². The van der Waals surface area contributed by atoms with Crippen LogP contribution < -0.4 is 5.32 Å². The molecule has 3 nitrogen and oxygen atoms in total. The lowest BCUT2D eigenvalue weighted by molar-refractivity contribution is 0.170. The summed E-state index contributed by atoms with van der Waals surface area (Å²) in [5.41, 5.74) is -0.310. The molecule has 1 fully saturated rings. The van der Waals surface area contributed by atoms with Crippen molar-refractivity contribution in [1.29, 1.82) is 5.26 Å². The maximum absolute atomic E-state index is 9.51. The van der Waals surface area contributed by atoms with Gasteiger partial charge in [0, 0.05) is 12.6 Å². The van der Waals surface area contributed by atoms with Crippen LogP contribution in [0.2, 0.25) is 0 Å². The Morgan fingerprint density at radius 3 is 2.38 bits per heavy atom. The molecule has 0 aromatic carbocycles. The van der Waals surface area contributed by atoms with Gasteiger partial charge in [-0.05, 0) is 45.7 Å². The quantitative estimate of drug-likeness (QED) is 0.717. The summed E-state index contributed by atoms with van der Waals surface area (Å²) in [6, 6.07) is 3.05. The second kappa shape index (κ2) is 5.65. The number of rotatable bonds is 7. The fraction of sp³-hybridized carbons (Fsp3) is 0.923. The van der Waals surface area contributed by atoms with Gasteiger partial charge < -0.3 is 0 Å². The van der Waals surface area contributed by atoms with Crippen LogP contribution in [-0.2, 0) is 0 Å². The highest BCUT2D eigenvalue weighted by Crippen LogP contribution is 2.40. The lowest BCUT2D eigenvalue weighted by Gasteiger charge is -2.35. The van der Waals surface area contributed by atoms with Crippen molar-refractivity contribution in [3.63, 3.8) is 0 Å². The van der Waals surface area contributed by atoms with E-state index in [4.69, 9.17) is 0 Å². The van der Waals surface area contributed by atoms with Crippen LogP contribution in [0.25, 0.3) is 0 Å². The predicted octanol–water partition coefficient (Wildman–Crippen LogP) is 2.00. The molecule has 1 N–H and O–H groups in total. The minimum atomic E-state index is -0.310. The van der Waals surface area contributed by atoms with Gasteiger partial charge in [0.15, 0.2) is 0 Å². The van der Waals surface area contributed by atoms with E-state index in [0.717, 1.165) is 19.6 Å². The van der Waals surface area contributed by atoms with Gasteiger partial charge in [-0.15, -0.1) is 0 Å². The highest BCUT2D eigenvalue weighted by Gasteiger charge is 2.46. The lowest BCUT2D eigenvalue weighted by Crippen LogP contribution is -2.55. The standard InChI is InChI=1S/C13H25N3/c1-5-15-13(9-14,12-7-8-12)10-16(6-2)11(3)4/h11-12,15H,5-8,10H2,1-4H3. The topological polar surface area (TPSA) is 39.1 Å². The van der Waals surface area contributed by atoms with E-state index in [0.29, 0.717) is 12.0 Å². The molecule has 0 amide bonds. The Morgan fingerprint density at radius 1 is 1.44 bits per heavy atom. The van der Waals surface area contributed by atoms with Crippen molar-refractivity contribution < 1.29 is 0 Å². The van der Waals surface area contributed by atoms with Crippen molar-refractivity contribution in [3.8, 4) is 6.07 Å². The summed E-state index contributed by atoms with van der Waals surface area (Å²) in [6.45, 7) is 11.4. The van der Waals surface area contributed by atoms with E-state index < -0.39 is 0 Å². The monoisotopic (exact) mass is 223 g/mol. The van der Waals surface area contributed by atoms with E-state index in [2.05, 4.69) is 44.0 Å². The maximum atomic E-state index is 9.51. The molecule has 0 spiro atoms. The number of hydrogen-bond donors (Lipinski definition) is 1. The molecule has 1 saturated carbocycles. The zero-order valence-electron chi connectivity index (χ0n) is 11.1. The van der Waals surface area contributed by atoms with Crippen LogP contribution in [0, 0.1) is 17.2 Å². The average molecular weight is 223 g/mol. The van der Waals surface area contributed by atoms with Gasteiger partial charge in [-0.3, -0.25) is 10.2 Å². The van der Waals surface area contributed by atoms with Crippen molar-refractivity contribution in [2.24, 2.45) is 5.92 Å². The molecule has 0 aromatic heterocycles. The molecule has 0 radical (unpaired) electrons. The first kappa shape index (κ1) is 13.5. The van der Waals surface area contributed by atoms with Crippen molar-refractivity contribution in [3.05, 3.63) is 0 Å². The summed E-state index contributed by atoms with van der Waals surface area (Å²) >= 11 is 0. The molecule has 1 aliphatic carbocycles. The molecule has 1 unspecified atom stereocenters. The fourth-order valence-electron chi connectivity index (χ4n) is 2.37. The predicted molar refractivity (Wildman–Crippen MR) is 67.1 cm³/mol. The van der Waals surface area contributed by atoms with Crippen LogP contribution in [0.5, 0.6) is 0 Å². The summed E-state index contributed by atoms with van der Waals surface area (Å²) in [5, 5.41) is 12.9. The summed E-state index contributed by atoms with van der Waals surface area (Å²) < 4.78 is 0. The minimum Gasteiger partial charge on any atom is -0.298 e. The van der Waals surface area contributed by atoms with E-state index in [1.807, 2.05) is 0 Å². The molecule has 16 heavy (non-hydrogen) atoms. The Morgan fingerprint density at radius 2 is 2.06 bits per heavy atom. The highest BCUT2D eigenvalue weighted by atomic mass is 15.2. The second-order valence-corrected chi connectivity index (χ2v) is 5.04. The van der Waals surface area contributed by atoms with Crippen molar-refractivity contribution in [2.75, 3.05) is 19.6 Å². The van der Waals surface area contributed by atoms with E-state index >= 15 is 0 Å². The number of nitrogens with one attached hydrogen (secondary N) is 1. The summed E-state index contributed by atoms with van der Waals surface area (Å²) in [7, 11) is 0. The van der Waals surface area contributed by atoms with Crippen LogP contribution in [0.4, 0.5) is 0 Å². The van der Waals surface area contributed by atoms with Gasteiger partial charge in [0.2, 0.25) is 0 Å². The normalized spacial score (nSPS) is 19.8. The van der Waals surface area contributed by atoms with E-state index in [1.54, 1.807) is 0 Å². The smallest absolute Gasteiger partial charge is 0.122 e. The van der Waals surface area contributed by atoms with Gasteiger partial charge in [0.1, 0.15) is 5.54 Å². The molecular weight excluding hydrogens is 198 g/mol. The molecule has 1 aliphatic rings. The Balaban J connectivity index is 2.72. The number of hydrogen-bond acceptors (Lipinski definition) is 3. The van der Waals surface area contributed by atoms with Crippen LogP contribution in [0.1, 0.15) is 40.5 Å². The van der Waals surface area contributed by atoms with Crippen LogP contribution in [-0.4, -0.2) is 36.1 Å². The molecule has 3 heteroatoms. The summed E-state index contributed by atoms with van der Waals surface area (Å²) in [4.78, 5) is 2.38. The summed E-state index contributed by atoms with van der Waals surface area (Å²) in [5.74, 6) is 0.560. The third-order valence-corrected chi connectivity index (χ3v) is 3.55. The largest absolute Gasteiger partial charge is 0.298 e. The third-order valence-electron chi connectivity index (χ3n) is 3.55. The van der Waals surface area contributed by atoms with Gasteiger partial charge in [-0.25, -0.2) is 0 Å². The maximum Gasteiger partial charge on any atom is 0.122 e. The van der Waals surface area contributed by atoms with Crippen LogP contribution >= 0.6 is 0 Å². The molecule has 0 aliphatic heterocycles. The van der Waals surface area contributed by atoms with Gasteiger partial charge in [-0.1, -0.05) is 13.8 Å². The Bertz CT molecular complexity index is 252. The van der Waals surface area contributed by atoms with Gasteiger partial charge in [0.05, 0.1) is 6.07 Å². The van der Waals surface area contributed by atoms with Crippen molar-refractivity contribution in [1.82, 2.24) is 10.2 Å². The first-order chi connectivity index (χ1) is 7.59. The Kier molecular flexibility index (Phi) is 4.76. The molecule has 0 bridgehead atoms. The van der Waals surface area contributed by atoms with Crippen LogP contribution in [0.3, 0.4) is 0 Å². The average Bonchev–Trinajstić information content (AvgIpc) is 3.08. The molecule has 0 saturated heterocycles. The lowest BCUT2D eigenvalue weighted by atomic mass is 9.93. The molecular formula is C13H25N3.